The second-order valence-electron chi connectivity index (χ2n) is 4.62. The highest BCUT2D eigenvalue weighted by Gasteiger charge is 2.12. The van der Waals surface area contributed by atoms with Gasteiger partial charge in [-0.25, -0.2) is 9.78 Å². The Morgan fingerprint density at radius 2 is 2.26 bits per heavy atom. The van der Waals surface area contributed by atoms with Crippen LogP contribution in [-0.2, 0) is 4.79 Å². The van der Waals surface area contributed by atoms with E-state index in [1.165, 1.54) is 0 Å². The highest BCUT2D eigenvalue weighted by molar-refractivity contribution is 5.85. The van der Waals surface area contributed by atoms with Gasteiger partial charge in [0.15, 0.2) is 0 Å². The Bertz CT molecular complexity index is 493. The minimum absolute atomic E-state index is 0.324. The van der Waals surface area contributed by atoms with Gasteiger partial charge < -0.3 is 10.0 Å². The maximum absolute atomic E-state index is 10.5. The molecule has 0 unspecified atom stereocenters. The SMILES string of the molecule is C=CCN(c1ncc(/C=C/C(=O)O)cc1C)C(C)C. The normalized spacial score (nSPS) is 10.9. The molecule has 0 atom stereocenters. The second kappa shape index (κ2) is 6.73. The molecule has 1 N–H and O–H groups in total. The van der Waals surface area contributed by atoms with Gasteiger partial charge in [0.05, 0.1) is 0 Å². The molecule has 102 valence electrons. The van der Waals surface area contributed by atoms with Crippen LogP contribution < -0.4 is 4.90 Å². The van der Waals surface area contributed by atoms with Crippen LogP contribution in [0.2, 0.25) is 0 Å². The van der Waals surface area contributed by atoms with Crippen LogP contribution in [0, 0.1) is 6.92 Å². The third kappa shape index (κ3) is 4.25. The van der Waals surface area contributed by atoms with E-state index in [0.29, 0.717) is 6.04 Å². The lowest BCUT2D eigenvalue weighted by atomic mass is 10.1. The van der Waals surface area contributed by atoms with Crippen LogP contribution in [0.1, 0.15) is 25.0 Å². The summed E-state index contributed by atoms with van der Waals surface area (Å²) in [5, 5.41) is 8.60. The molecule has 0 aliphatic heterocycles. The minimum Gasteiger partial charge on any atom is -0.478 e. The zero-order valence-corrected chi connectivity index (χ0v) is 11.6. The minimum atomic E-state index is -0.961. The molecule has 1 aromatic rings. The smallest absolute Gasteiger partial charge is 0.328 e. The Morgan fingerprint density at radius 1 is 1.58 bits per heavy atom. The van der Waals surface area contributed by atoms with Crippen LogP contribution in [0.15, 0.2) is 31.0 Å². The number of aromatic nitrogens is 1. The second-order valence-corrected chi connectivity index (χ2v) is 4.62. The molecule has 0 saturated heterocycles. The van der Waals surface area contributed by atoms with Gasteiger partial charge in [-0.05, 0) is 44.0 Å². The number of carboxylic acid groups (broad SMARTS) is 1. The molecule has 0 aliphatic rings. The van der Waals surface area contributed by atoms with Crippen molar-refractivity contribution in [2.45, 2.75) is 26.8 Å². The van der Waals surface area contributed by atoms with E-state index in [1.54, 1.807) is 12.3 Å². The number of pyridine rings is 1. The van der Waals surface area contributed by atoms with Crippen molar-refractivity contribution < 1.29 is 9.90 Å². The van der Waals surface area contributed by atoms with Crippen molar-refractivity contribution in [1.82, 2.24) is 4.98 Å². The van der Waals surface area contributed by atoms with E-state index in [1.807, 2.05) is 19.1 Å². The number of hydrogen-bond acceptors (Lipinski definition) is 3. The summed E-state index contributed by atoms with van der Waals surface area (Å²) in [7, 11) is 0. The summed E-state index contributed by atoms with van der Waals surface area (Å²) in [6, 6.07) is 2.25. The van der Waals surface area contributed by atoms with E-state index in [4.69, 9.17) is 5.11 Å². The Balaban J connectivity index is 3.04. The Hall–Kier alpha value is -2.10. The first-order valence-corrected chi connectivity index (χ1v) is 6.21. The third-order valence-corrected chi connectivity index (χ3v) is 2.71. The zero-order chi connectivity index (χ0) is 14.4. The van der Waals surface area contributed by atoms with Crippen LogP contribution in [0.25, 0.3) is 6.08 Å². The fourth-order valence-electron chi connectivity index (χ4n) is 1.83. The van der Waals surface area contributed by atoms with Gasteiger partial charge in [-0.3, -0.25) is 0 Å². The van der Waals surface area contributed by atoms with Crippen molar-refractivity contribution in [1.29, 1.82) is 0 Å². The predicted molar refractivity (Wildman–Crippen MR) is 78.3 cm³/mol. The molecule has 0 fully saturated rings. The predicted octanol–water partition coefficient (Wildman–Crippen LogP) is 2.89. The number of aryl methyl sites for hydroxylation is 1. The van der Waals surface area contributed by atoms with Crippen molar-refractivity contribution in [3.8, 4) is 0 Å². The van der Waals surface area contributed by atoms with Crippen molar-refractivity contribution >= 4 is 17.9 Å². The lowest BCUT2D eigenvalue weighted by molar-refractivity contribution is -0.131. The third-order valence-electron chi connectivity index (χ3n) is 2.71. The van der Waals surface area contributed by atoms with Crippen LogP contribution in [-0.4, -0.2) is 28.6 Å². The van der Waals surface area contributed by atoms with E-state index in [-0.39, 0.29) is 0 Å². The summed E-state index contributed by atoms with van der Waals surface area (Å²) in [5.41, 5.74) is 1.80. The summed E-state index contributed by atoms with van der Waals surface area (Å²) in [6.07, 6.45) is 6.18. The van der Waals surface area contributed by atoms with Crippen molar-refractivity contribution in [2.75, 3.05) is 11.4 Å². The molecule has 4 heteroatoms. The van der Waals surface area contributed by atoms with Gasteiger partial charge in [0, 0.05) is 24.9 Å². The average molecular weight is 260 g/mol. The molecule has 1 rings (SSSR count). The van der Waals surface area contributed by atoms with Gasteiger partial charge >= 0.3 is 5.97 Å². The molecule has 0 bridgehead atoms. The van der Waals surface area contributed by atoms with Gasteiger partial charge in [0.1, 0.15) is 5.82 Å². The van der Waals surface area contributed by atoms with Gasteiger partial charge in [0.25, 0.3) is 0 Å². The largest absolute Gasteiger partial charge is 0.478 e. The Kier molecular flexibility index (Phi) is 5.30. The fourth-order valence-corrected chi connectivity index (χ4v) is 1.83. The van der Waals surface area contributed by atoms with E-state index >= 15 is 0 Å². The molecule has 4 nitrogen and oxygen atoms in total. The van der Waals surface area contributed by atoms with Crippen LogP contribution in [0.4, 0.5) is 5.82 Å². The maximum atomic E-state index is 10.5. The van der Waals surface area contributed by atoms with E-state index < -0.39 is 5.97 Å². The number of carbonyl (C=O) groups is 1. The standard InChI is InChI=1S/C15H20N2O2/c1-5-8-17(11(2)3)15-12(4)9-13(10-16-15)6-7-14(18)19/h5-7,9-11H,1,8H2,2-4H3,(H,18,19)/b7-6+. The van der Waals surface area contributed by atoms with E-state index in [0.717, 1.165) is 29.6 Å². The lowest BCUT2D eigenvalue weighted by Gasteiger charge is -2.28. The molecule has 0 aromatic carbocycles. The molecule has 0 saturated carbocycles. The van der Waals surface area contributed by atoms with Crippen LogP contribution in [0.3, 0.4) is 0 Å². The number of rotatable bonds is 6. The number of hydrogen-bond donors (Lipinski definition) is 1. The Labute approximate surface area is 114 Å². The molecule has 0 radical (unpaired) electrons. The van der Waals surface area contributed by atoms with Crippen molar-refractivity contribution in [3.63, 3.8) is 0 Å². The van der Waals surface area contributed by atoms with Crippen LogP contribution in [0.5, 0.6) is 0 Å². The Morgan fingerprint density at radius 3 is 2.74 bits per heavy atom. The quantitative estimate of drug-likeness (QED) is 0.631. The number of nitrogens with zero attached hydrogens (tertiary/aromatic N) is 2. The van der Waals surface area contributed by atoms with Gasteiger partial charge in [0.2, 0.25) is 0 Å². The molecular weight excluding hydrogens is 240 g/mol. The summed E-state index contributed by atoms with van der Waals surface area (Å²) in [5.74, 6) is -0.0560. The molecule has 1 aromatic heterocycles. The maximum Gasteiger partial charge on any atom is 0.328 e. The molecule has 0 aliphatic carbocycles. The number of carboxylic acids is 1. The first-order valence-electron chi connectivity index (χ1n) is 6.21. The molecule has 19 heavy (non-hydrogen) atoms. The number of anilines is 1. The molecule has 0 amide bonds. The molecule has 0 spiro atoms. The summed E-state index contributed by atoms with van der Waals surface area (Å²) < 4.78 is 0. The van der Waals surface area contributed by atoms with Crippen molar-refractivity contribution in [2.24, 2.45) is 0 Å². The van der Waals surface area contributed by atoms with Gasteiger partial charge in [-0.2, -0.15) is 0 Å². The number of aliphatic carboxylic acids is 1. The zero-order valence-electron chi connectivity index (χ0n) is 11.6. The average Bonchev–Trinajstić information content (AvgIpc) is 2.34. The van der Waals surface area contributed by atoms with E-state index in [9.17, 15) is 4.79 Å². The monoisotopic (exact) mass is 260 g/mol. The lowest BCUT2D eigenvalue weighted by Crippen LogP contribution is -2.32. The highest BCUT2D eigenvalue weighted by Crippen LogP contribution is 2.20. The van der Waals surface area contributed by atoms with Crippen LogP contribution >= 0.6 is 0 Å². The summed E-state index contributed by atoms with van der Waals surface area (Å²) >= 11 is 0. The summed E-state index contributed by atoms with van der Waals surface area (Å²) in [6.45, 7) is 10.7. The summed E-state index contributed by atoms with van der Waals surface area (Å²) in [4.78, 5) is 17.1. The van der Waals surface area contributed by atoms with Gasteiger partial charge in [-0.1, -0.05) is 6.08 Å². The topological polar surface area (TPSA) is 53.4 Å². The van der Waals surface area contributed by atoms with Gasteiger partial charge in [-0.15, -0.1) is 6.58 Å². The van der Waals surface area contributed by atoms with Crippen molar-refractivity contribution in [3.05, 3.63) is 42.1 Å². The first kappa shape index (κ1) is 15.0. The first-order chi connectivity index (χ1) is 8.95. The van der Waals surface area contributed by atoms with E-state index in [2.05, 4.69) is 30.3 Å². The fraction of sp³-hybridized carbons (Fsp3) is 0.333. The molecule has 1 heterocycles. The molecular formula is C15H20N2O2. The highest BCUT2D eigenvalue weighted by atomic mass is 16.4.